The van der Waals surface area contributed by atoms with E-state index in [0.717, 1.165) is 46.2 Å². The van der Waals surface area contributed by atoms with E-state index in [9.17, 15) is 105 Å². The standard InChI is InChI=1S/C21H21N3O12.C19H23N3O14.C16H17N3O11.C16H11N3O11/c25-16-22(7-1-4-13-10-31-19(28)34-13)17(26)24(9-3-6-15-12-33-21(30)36-15)18(27)23(16)8-2-5-14-11-32-20(29)35-14;23-14-2-1-11(34-14)3-29-8-20-15(24)21(9-30-4-12-6-32-18(27)35-12)17(26)22(16(20)25)10-31-5-13-7-33-19(28)36-13;2*1-8-25-5-9(28-8)2-17-12(20)18(3-10-6-26-15(23)29-10)14(22)19(13(17)21)4-11-7-27-16(24)30-11/h1-6,13-15H,7-12H2;11-13H,1-10H2;9-11H,1-7H2;5-7H,1-4H2/b4-1+,5-2+,6-3+;;;. The first-order chi connectivity index (χ1) is 63.3. The fourth-order valence-electron chi connectivity index (χ4n) is 12.7. The smallest absolute Gasteiger partial charge is 0.462 e. The van der Waals surface area contributed by atoms with Gasteiger partial charge in [-0.15, -0.1) is 0 Å². The summed E-state index contributed by atoms with van der Waals surface area (Å²) in [5, 5.41) is 0. The number of ether oxygens (including phenoxy) is 22. The molecule has 6 aromatic rings. The zero-order chi connectivity index (χ0) is 94.1. The number of allylic oxidation sites excluding steroid dienone is 4. The zero-order valence-corrected chi connectivity index (χ0v) is 67.9. The van der Waals surface area contributed by atoms with Gasteiger partial charge in [-0.3, -0.25) is 4.79 Å². The van der Waals surface area contributed by atoms with E-state index < -0.39 is 218 Å². The number of esters is 1. The summed E-state index contributed by atoms with van der Waals surface area (Å²) in [6.07, 6.45) is -0.139. The van der Waals surface area contributed by atoms with E-state index in [1.165, 1.54) is 36.5 Å². The maximum atomic E-state index is 13.0. The van der Waals surface area contributed by atoms with Gasteiger partial charge >= 0.3 is 129 Å². The zero-order valence-electron chi connectivity index (χ0n) is 67.9. The topological polar surface area (TPSA) is 690 Å². The summed E-state index contributed by atoms with van der Waals surface area (Å²) in [5.41, 5.74) is -11.6. The van der Waals surface area contributed by atoms with Crippen LogP contribution in [-0.2, 0) is 188 Å². The van der Waals surface area contributed by atoms with Gasteiger partial charge in [0.05, 0.1) is 78.7 Å². The SMILES string of the molecule is C=C1OC=C(Cn2c(=O)n(Cc3coc(=O)o3)c(=O)n(Cc3coc(=O)o3)c2=O)O1.C=C1OCC(Cn2c(=O)n(CC3COC(=O)O3)c(=O)n(CC3COC(=O)O3)c2=O)O1.O=C1CCC(COCn2c(=O)n(COCC3COC(=O)O3)c(=O)n(COCC3COC(=O)O3)c2=O)O1.O=C1OCC(/C=C/Cn2c(=O)n(C/C=C/C3COC(=O)O3)c(=O)n(C/C=C/C3COC(=O)O3)c2=O)O1. The van der Waals surface area contributed by atoms with Crippen LogP contribution in [0.5, 0.6) is 0 Å². The average molecular weight is 1870 g/mol. The Morgan fingerprint density at radius 2 is 0.629 bits per heavy atom. The molecular formula is C72H72N12O48. The molecule has 0 radical (unpaired) electrons. The van der Waals surface area contributed by atoms with Crippen LogP contribution < -0.4 is 79.9 Å². The van der Waals surface area contributed by atoms with Crippen LogP contribution in [0, 0.1) is 0 Å². The van der Waals surface area contributed by atoms with Crippen molar-refractivity contribution in [1.29, 1.82) is 0 Å². The Morgan fingerprint density at radius 3 is 0.924 bits per heavy atom. The Morgan fingerprint density at radius 1 is 0.318 bits per heavy atom. The molecule has 10 aliphatic heterocycles. The third-order valence-electron chi connectivity index (χ3n) is 18.8. The summed E-state index contributed by atoms with van der Waals surface area (Å²) in [6, 6.07) is 0. The van der Waals surface area contributed by atoms with Gasteiger partial charge in [-0.2, -0.15) is 0 Å². The lowest BCUT2D eigenvalue weighted by Crippen LogP contribution is -2.57. The van der Waals surface area contributed by atoms with Crippen molar-refractivity contribution in [2.75, 3.05) is 72.7 Å². The van der Waals surface area contributed by atoms with Gasteiger partial charge in [-0.05, 0) is 37.8 Å². The molecule has 10 aliphatic rings. The summed E-state index contributed by atoms with van der Waals surface area (Å²) in [5.74, 6) is -2.67. The summed E-state index contributed by atoms with van der Waals surface area (Å²) in [4.78, 5) is 266. The van der Waals surface area contributed by atoms with E-state index in [4.69, 9.17) is 79.9 Å². The highest BCUT2D eigenvalue weighted by molar-refractivity contribution is 5.71. The van der Waals surface area contributed by atoms with Crippen molar-refractivity contribution in [2.45, 2.75) is 147 Å². The van der Waals surface area contributed by atoms with Crippen LogP contribution in [0.1, 0.15) is 24.4 Å². The predicted molar refractivity (Wildman–Crippen MR) is 407 cm³/mol. The first-order valence-corrected chi connectivity index (χ1v) is 38.7. The molecule has 6 aromatic heterocycles. The van der Waals surface area contributed by atoms with E-state index in [1.54, 1.807) is 0 Å². The molecule has 16 rings (SSSR count). The third kappa shape index (κ3) is 23.5. The number of carbonyl (C=O) groups is 8. The highest BCUT2D eigenvalue weighted by Gasteiger charge is 2.36. The molecule has 9 unspecified atom stereocenters. The lowest BCUT2D eigenvalue weighted by atomic mass is 10.2. The van der Waals surface area contributed by atoms with Crippen LogP contribution in [0.4, 0.5) is 33.6 Å². The molecule has 0 spiro atoms. The molecule has 9 atom stereocenters. The number of carbonyl (C=O) groups excluding carboxylic acids is 8. The largest absolute Gasteiger partial charge is 0.518 e. The molecule has 0 saturated carbocycles. The highest BCUT2D eigenvalue weighted by Crippen LogP contribution is 2.19. The molecule has 132 heavy (non-hydrogen) atoms. The van der Waals surface area contributed by atoms with E-state index in [2.05, 4.69) is 55.2 Å². The fraction of sp³-hybridized carbons (Fsp3) is 0.472. The number of cyclic esters (lactones) is 15. The molecule has 0 amide bonds. The second kappa shape index (κ2) is 42.0. The lowest BCUT2D eigenvalue weighted by Gasteiger charge is -2.17. The minimum absolute atomic E-state index is 0.00549. The quantitative estimate of drug-likeness (QED) is 0.0210. The number of aromatic nitrogens is 12. The van der Waals surface area contributed by atoms with Gasteiger partial charge in [0.1, 0.15) is 97.9 Å². The molecule has 708 valence electrons. The summed E-state index contributed by atoms with van der Waals surface area (Å²) >= 11 is 0. The van der Waals surface area contributed by atoms with Crippen LogP contribution in [-0.4, -0.2) is 231 Å². The van der Waals surface area contributed by atoms with Crippen molar-refractivity contribution in [3.05, 3.63) is 245 Å². The summed E-state index contributed by atoms with van der Waals surface area (Å²) in [7, 11) is 0. The van der Waals surface area contributed by atoms with Gasteiger partial charge in [0.2, 0.25) is 0 Å². The van der Waals surface area contributed by atoms with Gasteiger partial charge in [-0.1, -0.05) is 18.2 Å². The summed E-state index contributed by atoms with van der Waals surface area (Å²) < 4.78 is 135. The number of hydrogen-bond donors (Lipinski definition) is 0. The minimum atomic E-state index is -1.06. The van der Waals surface area contributed by atoms with Crippen LogP contribution in [0.25, 0.3) is 0 Å². The Kier molecular flexibility index (Phi) is 29.6. The second-order valence-corrected chi connectivity index (χ2v) is 28.1. The molecule has 9 fully saturated rings. The molecule has 0 bridgehead atoms. The molecule has 0 aliphatic carbocycles. The van der Waals surface area contributed by atoms with E-state index in [1.807, 2.05) is 0 Å². The molecular weight excluding hydrogens is 1800 g/mol. The Balaban J connectivity index is 0.000000150. The Labute approximate surface area is 726 Å². The van der Waals surface area contributed by atoms with Gasteiger partial charge in [0.25, 0.3) is 11.9 Å². The molecule has 16 heterocycles. The Bertz CT molecular complexity index is 5910. The van der Waals surface area contributed by atoms with Crippen LogP contribution >= 0.6 is 0 Å². The fourth-order valence-corrected chi connectivity index (χ4v) is 12.7. The van der Waals surface area contributed by atoms with Crippen molar-refractivity contribution in [3.63, 3.8) is 0 Å². The van der Waals surface area contributed by atoms with Gasteiger partial charge in [-0.25, -0.2) is 155 Å². The van der Waals surface area contributed by atoms with Crippen molar-refractivity contribution in [2.24, 2.45) is 0 Å². The Hall–Kier alpha value is -16.5. The lowest BCUT2D eigenvalue weighted by molar-refractivity contribution is -0.144. The monoisotopic (exact) mass is 1870 g/mol. The van der Waals surface area contributed by atoms with E-state index in [-0.39, 0.29) is 154 Å². The summed E-state index contributed by atoms with van der Waals surface area (Å²) in [6.45, 7) is 1.44. The predicted octanol–water partition coefficient (Wildman–Crippen LogP) is -5.83. The van der Waals surface area contributed by atoms with Crippen molar-refractivity contribution < 1.29 is 160 Å². The van der Waals surface area contributed by atoms with E-state index >= 15 is 0 Å². The number of nitrogens with zero attached hydrogens (tertiary/aromatic N) is 12. The minimum Gasteiger partial charge on any atom is -0.462 e. The van der Waals surface area contributed by atoms with E-state index in [0.29, 0.717) is 33.8 Å². The van der Waals surface area contributed by atoms with Gasteiger partial charge in [0, 0.05) is 6.42 Å². The number of rotatable bonds is 33. The molecule has 0 aromatic carbocycles. The van der Waals surface area contributed by atoms with Crippen LogP contribution in [0.15, 0.2) is 171 Å². The third-order valence-corrected chi connectivity index (χ3v) is 18.8. The van der Waals surface area contributed by atoms with Crippen molar-refractivity contribution in [3.8, 4) is 0 Å². The second-order valence-electron chi connectivity index (χ2n) is 28.1. The average Bonchev–Trinajstić information content (AvgIpc) is 1.06. The van der Waals surface area contributed by atoms with Crippen LogP contribution in [0.3, 0.4) is 0 Å². The van der Waals surface area contributed by atoms with Gasteiger partial charge in [0.15, 0.2) is 66.1 Å². The maximum absolute atomic E-state index is 13.0. The van der Waals surface area contributed by atoms with Crippen molar-refractivity contribution in [1.82, 2.24) is 54.8 Å². The number of hydrogen-bond acceptors (Lipinski definition) is 48. The molecule has 0 N–H and O–H groups in total. The van der Waals surface area contributed by atoms with Crippen molar-refractivity contribution >= 4 is 49.1 Å². The first-order valence-electron chi connectivity index (χ1n) is 38.7. The first kappa shape index (κ1) is 93.2. The highest BCUT2D eigenvalue weighted by atomic mass is 16.8. The molecule has 9 saturated heterocycles. The maximum Gasteiger partial charge on any atom is 0.518 e. The normalized spacial score (nSPS) is 21.5. The van der Waals surface area contributed by atoms with Crippen LogP contribution in [0.2, 0.25) is 0 Å². The molecule has 60 heteroatoms. The molecule has 60 nitrogen and oxygen atoms in total. The van der Waals surface area contributed by atoms with Gasteiger partial charge < -0.3 is 122 Å².